The Morgan fingerprint density at radius 3 is 2.61 bits per heavy atom. The fourth-order valence-corrected chi connectivity index (χ4v) is 2.12. The highest BCUT2D eigenvalue weighted by atomic mass is 32.1. The maximum atomic E-state index is 12.7. The smallest absolute Gasteiger partial charge is 0.257 e. The van der Waals surface area contributed by atoms with E-state index in [1.807, 2.05) is 0 Å². The van der Waals surface area contributed by atoms with Gasteiger partial charge in [-0.1, -0.05) is 0 Å². The average molecular weight is 283 g/mol. The third-order valence-corrected chi connectivity index (χ3v) is 3.12. The minimum absolute atomic E-state index is 0.249. The summed E-state index contributed by atoms with van der Waals surface area (Å²) >= 11 is 10.1. The van der Waals surface area contributed by atoms with Gasteiger partial charge in [0.1, 0.15) is 5.82 Å². The van der Waals surface area contributed by atoms with Crippen molar-refractivity contribution in [2.75, 3.05) is 13.1 Å². The summed E-state index contributed by atoms with van der Waals surface area (Å²) < 4.78 is 12.7. The first-order valence-electron chi connectivity index (χ1n) is 5.24. The largest absolute Gasteiger partial charge is 0.360 e. The lowest BCUT2D eigenvalue weighted by molar-refractivity contribution is 0.0975. The lowest BCUT2D eigenvalue weighted by Crippen LogP contribution is -2.44. The second kappa shape index (κ2) is 5.36. The molecule has 18 heavy (non-hydrogen) atoms. The summed E-state index contributed by atoms with van der Waals surface area (Å²) in [4.78, 5) is 13.4. The van der Waals surface area contributed by atoms with Crippen LogP contribution in [0.1, 0.15) is 10.4 Å². The predicted molar refractivity (Wildman–Crippen MR) is 73.8 cm³/mol. The van der Waals surface area contributed by atoms with Crippen LogP contribution < -0.4 is 10.6 Å². The van der Waals surface area contributed by atoms with Gasteiger partial charge in [-0.25, -0.2) is 4.39 Å². The molecule has 0 saturated carbocycles. The summed E-state index contributed by atoms with van der Waals surface area (Å²) in [5.41, 5.74) is 0.344. The molecule has 1 fully saturated rings. The summed E-state index contributed by atoms with van der Waals surface area (Å²) in [6.07, 6.45) is 0. The zero-order valence-electron chi connectivity index (χ0n) is 9.27. The van der Waals surface area contributed by atoms with Crippen LogP contribution in [0.5, 0.6) is 0 Å². The van der Waals surface area contributed by atoms with E-state index >= 15 is 0 Å². The molecule has 1 aromatic carbocycles. The average Bonchev–Trinajstić information content (AvgIpc) is 2.76. The SMILES string of the molecule is O=C(NC(=S)N1CCNC1=S)c1ccc(F)cc1. The number of hydrogen-bond acceptors (Lipinski definition) is 3. The van der Waals surface area contributed by atoms with Gasteiger partial charge in [0.25, 0.3) is 5.91 Å². The van der Waals surface area contributed by atoms with E-state index < -0.39 is 0 Å². The van der Waals surface area contributed by atoms with Crippen LogP contribution in [0.15, 0.2) is 24.3 Å². The van der Waals surface area contributed by atoms with Gasteiger partial charge >= 0.3 is 0 Å². The van der Waals surface area contributed by atoms with Gasteiger partial charge in [0.05, 0.1) is 0 Å². The van der Waals surface area contributed by atoms with Crippen molar-refractivity contribution in [3.63, 3.8) is 0 Å². The van der Waals surface area contributed by atoms with Crippen molar-refractivity contribution in [3.05, 3.63) is 35.6 Å². The molecule has 94 valence electrons. The van der Waals surface area contributed by atoms with E-state index in [1.54, 1.807) is 4.90 Å². The van der Waals surface area contributed by atoms with E-state index in [0.29, 0.717) is 23.8 Å². The lowest BCUT2D eigenvalue weighted by atomic mass is 10.2. The van der Waals surface area contributed by atoms with Crippen LogP contribution in [-0.2, 0) is 0 Å². The molecule has 1 aliphatic heterocycles. The number of amides is 1. The van der Waals surface area contributed by atoms with E-state index in [2.05, 4.69) is 10.6 Å². The quantitative estimate of drug-likeness (QED) is 0.754. The Labute approximate surface area is 114 Å². The number of halogens is 1. The molecule has 7 heteroatoms. The molecule has 1 aliphatic rings. The summed E-state index contributed by atoms with van der Waals surface area (Å²) in [6, 6.07) is 5.24. The molecule has 4 nitrogen and oxygen atoms in total. The van der Waals surface area contributed by atoms with Crippen LogP contribution in [-0.4, -0.2) is 34.1 Å². The maximum absolute atomic E-state index is 12.7. The second-order valence-corrected chi connectivity index (χ2v) is 4.42. The molecular formula is C11H10FN3OS2. The van der Waals surface area contributed by atoms with Crippen molar-refractivity contribution in [2.45, 2.75) is 0 Å². The number of rotatable bonds is 1. The van der Waals surface area contributed by atoms with Crippen molar-refractivity contribution < 1.29 is 9.18 Å². The Hall–Kier alpha value is -1.60. The molecule has 1 heterocycles. The summed E-state index contributed by atoms with van der Waals surface area (Å²) in [5, 5.41) is 6.25. The Morgan fingerprint density at radius 1 is 1.39 bits per heavy atom. The Bertz CT molecular complexity index is 504. The van der Waals surface area contributed by atoms with Crippen molar-refractivity contribution in [1.29, 1.82) is 0 Å². The van der Waals surface area contributed by atoms with Gasteiger partial charge in [-0.05, 0) is 48.7 Å². The number of carbonyl (C=O) groups is 1. The molecule has 0 unspecified atom stereocenters. The number of benzene rings is 1. The molecule has 2 N–H and O–H groups in total. The molecule has 0 spiro atoms. The van der Waals surface area contributed by atoms with Gasteiger partial charge in [-0.15, -0.1) is 0 Å². The first kappa shape index (κ1) is 12.8. The number of thiocarbonyl (C=S) groups is 2. The molecule has 1 aromatic rings. The minimum atomic E-state index is -0.390. The van der Waals surface area contributed by atoms with E-state index in [1.165, 1.54) is 24.3 Å². The summed E-state index contributed by atoms with van der Waals surface area (Å²) in [6.45, 7) is 1.33. The zero-order valence-corrected chi connectivity index (χ0v) is 10.9. The van der Waals surface area contributed by atoms with E-state index in [4.69, 9.17) is 24.4 Å². The van der Waals surface area contributed by atoms with Gasteiger partial charge < -0.3 is 5.32 Å². The monoisotopic (exact) mass is 283 g/mol. The number of carbonyl (C=O) groups excluding carboxylic acids is 1. The van der Waals surface area contributed by atoms with Crippen molar-refractivity contribution in [3.8, 4) is 0 Å². The van der Waals surface area contributed by atoms with Crippen LogP contribution in [0.25, 0.3) is 0 Å². The van der Waals surface area contributed by atoms with E-state index in [-0.39, 0.29) is 16.8 Å². The van der Waals surface area contributed by atoms with E-state index in [0.717, 1.165) is 0 Å². The number of nitrogens with one attached hydrogen (secondary N) is 2. The highest BCUT2D eigenvalue weighted by molar-refractivity contribution is 7.81. The molecule has 2 rings (SSSR count). The molecule has 0 radical (unpaired) electrons. The number of nitrogens with zero attached hydrogens (tertiary/aromatic N) is 1. The van der Waals surface area contributed by atoms with Gasteiger partial charge in [-0.2, -0.15) is 0 Å². The van der Waals surface area contributed by atoms with Crippen LogP contribution in [0.4, 0.5) is 4.39 Å². The van der Waals surface area contributed by atoms with Gasteiger partial charge in [0.15, 0.2) is 10.2 Å². The Morgan fingerprint density at radius 2 is 2.06 bits per heavy atom. The van der Waals surface area contributed by atoms with Gasteiger partial charge in [-0.3, -0.25) is 15.0 Å². The molecule has 1 saturated heterocycles. The predicted octanol–water partition coefficient (Wildman–Crippen LogP) is 1.03. The topological polar surface area (TPSA) is 44.4 Å². The summed E-state index contributed by atoms with van der Waals surface area (Å²) in [7, 11) is 0. The van der Waals surface area contributed by atoms with Crippen molar-refractivity contribution >= 4 is 40.6 Å². The standard InChI is InChI=1S/C11H10FN3OS2/c12-8-3-1-7(2-4-8)9(16)14-11(18)15-6-5-13-10(15)17/h1-4H,5-6H2,(H,13,17)(H,14,16,18). The maximum Gasteiger partial charge on any atom is 0.257 e. The fourth-order valence-electron chi connectivity index (χ4n) is 1.50. The van der Waals surface area contributed by atoms with Gasteiger partial charge in [0.2, 0.25) is 0 Å². The molecule has 1 amide bonds. The molecule has 0 aromatic heterocycles. The van der Waals surface area contributed by atoms with Crippen LogP contribution in [0, 0.1) is 5.82 Å². The molecule has 0 atom stereocenters. The zero-order chi connectivity index (χ0) is 13.1. The Balaban J connectivity index is 2.01. The van der Waals surface area contributed by atoms with E-state index in [9.17, 15) is 9.18 Å². The third kappa shape index (κ3) is 2.80. The van der Waals surface area contributed by atoms with Gasteiger partial charge in [0, 0.05) is 18.7 Å². The molecule has 0 aliphatic carbocycles. The van der Waals surface area contributed by atoms with Crippen LogP contribution >= 0.6 is 24.4 Å². The normalized spacial score (nSPS) is 14.3. The fraction of sp³-hybridized carbons (Fsp3) is 0.182. The first-order valence-corrected chi connectivity index (χ1v) is 6.06. The second-order valence-electron chi connectivity index (χ2n) is 3.65. The third-order valence-electron chi connectivity index (χ3n) is 2.43. The van der Waals surface area contributed by atoms with Crippen molar-refractivity contribution in [1.82, 2.24) is 15.5 Å². The molecule has 0 bridgehead atoms. The Kier molecular flexibility index (Phi) is 3.83. The highest BCUT2D eigenvalue weighted by Gasteiger charge is 2.21. The summed E-state index contributed by atoms with van der Waals surface area (Å²) in [5.74, 6) is -0.770. The minimum Gasteiger partial charge on any atom is -0.360 e. The van der Waals surface area contributed by atoms with Crippen LogP contribution in [0.3, 0.4) is 0 Å². The highest BCUT2D eigenvalue weighted by Crippen LogP contribution is 2.04. The van der Waals surface area contributed by atoms with Crippen LogP contribution in [0.2, 0.25) is 0 Å². The lowest BCUT2D eigenvalue weighted by Gasteiger charge is -2.17. The number of hydrogen-bond donors (Lipinski definition) is 2. The van der Waals surface area contributed by atoms with Crippen molar-refractivity contribution in [2.24, 2.45) is 0 Å². The first-order chi connectivity index (χ1) is 8.58. The molecular weight excluding hydrogens is 273 g/mol.